The summed E-state index contributed by atoms with van der Waals surface area (Å²) in [5, 5.41) is 0.107. The van der Waals surface area contributed by atoms with Crippen LogP contribution in [-0.2, 0) is 0 Å². The Balaban J connectivity index is 2.46. The highest BCUT2D eigenvalue weighted by molar-refractivity contribution is 7.99. The lowest BCUT2D eigenvalue weighted by Gasteiger charge is -2.04. The molecule has 0 fully saturated rings. The Morgan fingerprint density at radius 1 is 0.941 bits per heavy atom. The van der Waals surface area contributed by atoms with E-state index in [9.17, 15) is 17.6 Å². The summed E-state index contributed by atoms with van der Waals surface area (Å²) in [5.41, 5.74) is 0. The van der Waals surface area contributed by atoms with Gasteiger partial charge in [0, 0.05) is 12.4 Å². The Kier molecular flexibility index (Phi) is 3.23. The van der Waals surface area contributed by atoms with Crippen LogP contribution in [0.15, 0.2) is 28.5 Å². The molecule has 2 rings (SSSR count). The number of aromatic nitrogens is 3. The van der Waals surface area contributed by atoms with Crippen LogP contribution >= 0.6 is 11.8 Å². The van der Waals surface area contributed by atoms with Gasteiger partial charge in [0.25, 0.3) is 11.9 Å². The SMILES string of the molecule is Fc1nc(F)c(F)c(Sc2cnccn2)c1F. The maximum absolute atomic E-state index is 13.2. The van der Waals surface area contributed by atoms with E-state index in [2.05, 4.69) is 15.0 Å². The van der Waals surface area contributed by atoms with Crippen molar-refractivity contribution in [1.29, 1.82) is 0 Å². The molecule has 0 aliphatic carbocycles. The highest BCUT2D eigenvalue weighted by Gasteiger charge is 2.21. The Labute approximate surface area is 96.9 Å². The summed E-state index contributed by atoms with van der Waals surface area (Å²) in [6.07, 6.45) is 3.84. The molecule has 2 heterocycles. The predicted molar refractivity (Wildman–Crippen MR) is 50.2 cm³/mol. The second-order valence-corrected chi connectivity index (χ2v) is 3.83. The topological polar surface area (TPSA) is 38.7 Å². The Bertz CT molecular complexity index is 523. The van der Waals surface area contributed by atoms with Gasteiger partial charge in [-0.2, -0.15) is 13.8 Å². The molecule has 17 heavy (non-hydrogen) atoms. The van der Waals surface area contributed by atoms with Crippen LogP contribution in [0.2, 0.25) is 0 Å². The van der Waals surface area contributed by atoms with Crippen molar-refractivity contribution in [2.45, 2.75) is 9.92 Å². The van der Waals surface area contributed by atoms with E-state index in [1.165, 1.54) is 18.6 Å². The average Bonchev–Trinajstić information content (AvgIpc) is 2.33. The van der Waals surface area contributed by atoms with Gasteiger partial charge in [0.1, 0.15) is 5.03 Å². The van der Waals surface area contributed by atoms with E-state index in [0.717, 1.165) is 0 Å². The summed E-state index contributed by atoms with van der Waals surface area (Å²) in [5.74, 6) is -6.51. The highest BCUT2D eigenvalue weighted by atomic mass is 32.2. The normalized spacial score (nSPS) is 10.6. The number of hydrogen-bond acceptors (Lipinski definition) is 4. The fourth-order valence-corrected chi connectivity index (χ4v) is 1.78. The molecule has 0 aromatic carbocycles. The summed E-state index contributed by atoms with van der Waals surface area (Å²) in [6.45, 7) is 0. The van der Waals surface area contributed by atoms with Crippen LogP contribution in [0, 0.1) is 23.5 Å². The summed E-state index contributed by atoms with van der Waals surface area (Å²) < 4.78 is 52.0. The lowest BCUT2D eigenvalue weighted by Crippen LogP contribution is -2.02. The van der Waals surface area contributed by atoms with Crippen LogP contribution in [-0.4, -0.2) is 15.0 Å². The van der Waals surface area contributed by atoms with E-state index in [1.54, 1.807) is 0 Å². The third kappa shape index (κ3) is 2.36. The van der Waals surface area contributed by atoms with E-state index in [0.29, 0.717) is 11.8 Å². The molecule has 0 aliphatic heterocycles. The number of nitrogens with zero attached hydrogens (tertiary/aromatic N) is 3. The lowest BCUT2D eigenvalue weighted by atomic mass is 10.4. The zero-order valence-electron chi connectivity index (χ0n) is 7.99. The molecule has 2 aromatic heterocycles. The van der Waals surface area contributed by atoms with Gasteiger partial charge in [0.15, 0.2) is 11.6 Å². The fraction of sp³-hybridized carbons (Fsp3) is 0. The predicted octanol–water partition coefficient (Wildman–Crippen LogP) is 2.58. The Morgan fingerprint density at radius 3 is 2.12 bits per heavy atom. The minimum atomic E-state index is -1.70. The Hall–Kier alpha value is -1.70. The molecule has 88 valence electrons. The standard InChI is InChI=1S/C9H3F4N3S/c10-5-7(6(11)9(13)16-8(5)12)17-4-3-14-1-2-15-4/h1-3H. The van der Waals surface area contributed by atoms with Gasteiger partial charge in [0.05, 0.1) is 11.1 Å². The first kappa shape index (κ1) is 11.8. The second kappa shape index (κ2) is 4.66. The molecule has 8 heteroatoms. The molecule has 0 N–H and O–H groups in total. The van der Waals surface area contributed by atoms with E-state index >= 15 is 0 Å². The second-order valence-electron chi connectivity index (χ2n) is 2.80. The highest BCUT2D eigenvalue weighted by Crippen LogP contribution is 2.31. The van der Waals surface area contributed by atoms with Crippen LogP contribution in [0.1, 0.15) is 0 Å². The molecule has 2 aromatic rings. The third-order valence-corrected chi connectivity index (χ3v) is 2.69. The molecule has 0 unspecified atom stereocenters. The van der Waals surface area contributed by atoms with Crippen molar-refractivity contribution in [2.75, 3.05) is 0 Å². The first-order valence-electron chi connectivity index (χ1n) is 4.23. The van der Waals surface area contributed by atoms with Gasteiger partial charge in [-0.25, -0.2) is 13.8 Å². The maximum atomic E-state index is 13.2. The first-order valence-corrected chi connectivity index (χ1v) is 5.05. The molecule has 0 bridgehead atoms. The summed E-state index contributed by atoms with van der Waals surface area (Å²) in [6, 6.07) is 0. The first-order chi connectivity index (χ1) is 8.09. The molecular weight excluding hydrogens is 258 g/mol. The van der Waals surface area contributed by atoms with Crippen molar-refractivity contribution in [3.8, 4) is 0 Å². The summed E-state index contributed by atoms with van der Waals surface area (Å²) >= 11 is 0.426. The van der Waals surface area contributed by atoms with Crippen molar-refractivity contribution < 1.29 is 17.6 Å². The number of rotatable bonds is 2. The quantitative estimate of drug-likeness (QED) is 0.615. The van der Waals surface area contributed by atoms with Crippen molar-refractivity contribution in [1.82, 2.24) is 15.0 Å². The number of hydrogen-bond donors (Lipinski definition) is 0. The summed E-state index contributed by atoms with van der Waals surface area (Å²) in [4.78, 5) is 8.98. The van der Waals surface area contributed by atoms with E-state index in [1.807, 2.05) is 0 Å². The number of pyridine rings is 1. The molecule has 0 radical (unpaired) electrons. The lowest BCUT2D eigenvalue weighted by molar-refractivity contribution is 0.383. The number of halogens is 4. The van der Waals surface area contributed by atoms with Crippen LogP contribution < -0.4 is 0 Å². The van der Waals surface area contributed by atoms with Crippen LogP contribution in [0.25, 0.3) is 0 Å². The van der Waals surface area contributed by atoms with Crippen molar-refractivity contribution in [3.63, 3.8) is 0 Å². The third-order valence-electron chi connectivity index (χ3n) is 1.70. The molecule has 0 aliphatic rings. The molecule has 0 amide bonds. The minimum Gasteiger partial charge on any atom is -0.260 e. The molecule has 0 atom stereocenters. The molecule has 0 saturated carbocycles. The minimum absolute atomic E-state index is 0.107. The van der Waals surface area contributed by atoms with Gasteiger partial charge in [-0.15, -0.1) is 0 Å². The van der Waals surface area contributed by atoms with Crippen molar-refractivity contribution >= 4 is 11.8 Å². The smallest absolute Gasteiger partial charge is 0.252 e. The molecule has 3 nitrogen and oxygen atoms in total. The van der Waals surface area contributed by atoms with Crippen LogP contribution in [0.4, 0.5) is 17.6 Å². The van der Waals surface area contributed by atoms with Crippen molar-refractivity contribution in [2.24, 2.45) is 0 Å². The van der Waals surface area contributed by atoms with E-state index < -0.39 is 28.4 Å². The Morgan fingerprint density at radius 2 is 1.59 bits per heavy atom. The largest absolute Gasteiger partial charge is 0.260 e. The maximum Gasteiger partial charge on any atom is 0.252 e. The molecule has 0 saturated heterocycles. The van der Waals surface area contributed by atoms with Gasteiger partial charge < -0.3 is 0 Å². The zero-order valence-corrected chi connectivity index (χ0v) is 8.81. The van der Waals surface area contributed by atoms with Gasteiger partial charge >= 0.3 is 0 Å². The zero-order chi connectivity index (χ0) is 12.4. The van der Waals surface area contributed by atoms with Gasteiger partial charge in [-0.05, 0) is 0 Å². The average molecular weight is 261 g/mol. The molecule has 0 spiro atoms. The van der Waals surface area contributed by atoms with Crippen molar-refractivity contribution in [3.05, 3.63) is 42.1 Å². The summed E-state index contributed by atoms with van der Waals surface area (Å²) in [7, 11) is 0. The fourth-order valence-electron chi connectivity index (χ4n) is 1.00. The van der Waals surface area contributed by atoms with Crippen LogP contribution in [0.5, 0.6) is 0 Å². The van der Waals surface area contributed by atoms with E-state index in [-0.39, 0.29) is 5.03 Å². The van der Waals surface area contributed by atoms with E-state index in [4.69, 9.17) is 0 Å². The monoisotopic (exact) mass is 261 g/mol. The van der Waals surface area contributed by atoms with Gasteiger partial charge in [-0.1, -0.05) is 11.8 Å². The molecular formula is C9H3F4N3S. The van der Waals surface area contributed by atoms with Gasteiger partial charge in [0.2, 0.25) is 0 Å². The van der Waals surface area contributed by atoms with Gasteiger partial charge in [-0.3, -0.25) is 4.98 Å². The van der Waals surface area contributed by atoms with Crippen LogP contribution in [0.3, 0.4) is 0 Å².